The van der Waals surface area contributed by atoms with Crippen molar-refractivity contribution in [3.05, 3.63) is 106 Å². The molecule has 154 valence electrons. The molecule has 0 nitrogen and oxygen atoms in total. The Kier molecular flexibility index (Phi) is 6.46. The normalized spacial score (nSPS) is 12.7. The lowest BCUT2D eigenvalue weighted by Gasteiger charge is -2.18. The van der Waals surface area contributed by atoms with E-state index in [0.29, 0.717) is 0 Å². The molecular weight excluding hydrogens is 360 g/mol. The topological polar surface area (TPSA) is 0 Å². The maximum atomic E-state index is 2.24. The minimum Gasteiger partial charge on any atom is -0.0579 e. The van der Waals surface area contributed by atoms with E-state index in [4.69, 9.17) is 0 Å². The third-order valence-electron chi connectivity index (χ3n) is 5.43. The summed E-state index contributed by atoms with van der Waals surface area (Å²) in [6.45, 7) is 13.5. The molecule has 0 aliphatic carbocycles. The molecule has 0 bridgehead atoms. The van der Waals surface area contributed by atoms with Crippen LogP contribution in [0, 0.1) is 0 Å². The molecule has 0 aliphatic rings. The third-order valence-corrected chi connectivity index (χ3v) is 5.43. The average molecular weight is 395 g/mol. The van der Waals surface area contributed by atoms with Crippen LogP contribution in [0.25, 0.3) is 24.3 Å². The Balaban J connectivity index is 1.63. The van der Waals surface area contributed by atoms with Gasteiger partial charge in [-0.05, 0) is 44.2 Å². The minimum absolute atomic E-state index is 0.195. The van der Waals surface area contributed by atoms with Gasteiger partial charge in [0.25, 0.3) is 0 Å². The SMILES string of the molecule is CC(C)(C)c1ccc(/C=C\c2ccc(/C=C\c3ccc(C(C)(C)C)cc3)cc2)cc1. The lowest BCUT2D eigenvalue weighted by molar-refractivity contribution is 0.590. The van der Waals surface area contributed by atoms with Crippen molar-refractivity contribution in [3.8, 4) is 0 Å². The molecule has 0 radical (unpaired) electrons. The lowest BCUT2D eigenvalue weighted by Crippen LogP contribution is -2.10. The first-order valence-electron chi connectivity index (χ1n) is 10.8. The van der Waals surface area contributed by atoms with Crippen molar-refractivity contribution in [1.29, 1.82) is 0 Å². The van der Waals surface area contributed by atoms with Gasteiger partial charge in [0.15, 0.2) is 0 Å². The smallest absolute Gasteiger partial charge is 0.0132 e. The zero-order chi connectivity index (χ0) is 21.8. The average Bonchev–Trinajstić information content (AvgIpc) is 2.71. The minimum atomic E-state index is 0.195. The summed E-state index contributed by atoms with van der Waals surface area (Å²) in [7, 11) is 0. The second kappa shape index (κ2) is 8.88. The van der Waals surface area contributed by atoms with E-state index in [1.54, 1.807) is 0 Å². The molecule has 3 aromatic carbocycles. The molecule has 0 amide bonds. The Morgan fingerprint density at radius 3 is 0.767 bits per heavy atom. The Labute approximate surface area is 183 Å². The highest BCUT2D eigenvalue weighted by Gasteiger charge is 2.13. The largest absolute Gasteiger partial charge is 0.0579 e. The van der Waals surface area contributed by atoms with Gasteiger partial charge >= 0.3 is 0 Å². The van der Waals surface area contributed by atoms with Gasteiger partial charge in [-0.15, -0.1) is 0 Å². The molecular formula is C30H34. The first-order valence-corrected chi connectivity index (χ1v) is 10.8. The Hall–Kier alpha value is -2.86. The van der Waals surface area contributed by atoms with Crippen molar-refractivity contribution in [2.24, 2.45) is 0 Å². The molecule has 0 aliphatic heterocycles. The summed E-state index contributed by atoms with van der Waals surface area (Å²) in [6, 6.07) is 26.3. The summed E-state index contributed by atoms with van der Waals surface area (Å²) in [5.41, 5.74) is 7.99. The number of hydrogen-bond acceptors (Lipinski definition) is 0. The van der Waals surface area contributed by atoms with Crippen LogP contribution in [0.3, 0.4) is 0 Å². The van der Waals surface area contributed by atoms with E-state index in [1.807, 2.05) is 0 Å². The Morgan fingerprint density at radius 1 is 0.367 bits per heavy atom. The Morgan fingerprint density at radius 2 is 0.567 bits per heavy atom. The molecule has 0 aromatic heterocycles. The third kappa shape index (κ3) is 6.07. The first kappa shape index (κ1) is 21.8. The lowest BCUT2D eigenvalue weighted by atomic mass is 9.86. The molecule has 0 heteroatoms. The van der Waals surface area contributed by atoms with E-state index < -0.39 is 0 Å². The molecule has 0 atom stereocenters. The summed E-state index contributed by atoms with van der Waals surface area (Å²) < 4.78 is 0. The van der Waals surface area contributed by atoms with Crippen molar-refractivity contribution < 1.29 is 0 Å². The second-order valence-corrected chi connectivity index (χ2v) is 10.1. The summed E-state index contributed by atoms with van der Waals surface area (Å²) in [5, 5.41) is 0. The molecule has 3 rings (SSSR count). The van der Waals surface area contributed by atoms with Crippen molar-refractivity contribution in [3.63, 3.8) is 0 Å². The highest BCUT2D eigenvalue weighted by Crippen LogP contribution is 2.24. The monoisotopic (exact) mass is 394 g/mol. The van der Waals surface area contributed by atoms with E-state index in [1.165, 1.54) is 33.4 Å². The van der Waals surface area contributed by atoms with Gasteiger partial charge in [0.1, 0.15) is 0 Å². The summed E-state index contributed by atoms with van der Waals surface area (Å²) in [6.07, 6.45) is 8.69. The van der Waals surface area contributed by atoms with Gasteiger partial charge in [-0.1, -0.05) is 139 Å². The molecule has 0 N–H and O–H groups in total. The molecule has 0 unspecified atom stereocenters. The van der Waals surface area contributed by atoms with E-state index >= 15 is 0 Å². The predicted octanol–water partition coefficient (Wildman–Crippen LogP) is 8.62. The molecule has 3 aromatic rings. The van der Waals surface area contributed by atoms with Crippen molar-refractivity contribution in [1.82, 2.24) is 0 Å². The molecule has 0 heterocycles. The van der Waals surface area contributed by atoms with Gasteiger partial charge in [0.05, 0.1) is 0 Å². The van der Waals surface area contributed by atoms with Crippen molar-refractivity contribution in [2.75, 3.05) is 0 Å². The zero-order valence-electron chi connectivity index (χ0n) is 19.2. The van der Waals surface area contributed by atoms with Gasteiger partial charge in [-0.25, -0.2) is 0 Å². The van der Waals surface area contributed by atoms with Crippen LogP contribution in [-0.4, -0.2) is 0 Å². The predicted molar refractivity (Wildman–Crippen MR) is 135 cm³/mol. The Bertz CT molecular complexity index is 911. The van der Waals surface area contributed by atoms with Crippen LogP contribution >= 0.6 is 0 Å². The summed E-state index contributed by atoms with van der Waals surface area (Å²) >= 11 is 0. The summed E-state index contributed by atoms with van der Waals surface area (Å²) in [4.78, 5) is 0. The number of hydrogen-bond donors (Lipinski definition) is 0. The molecule has 30 heavy (non-hydrogen) atoms. The molecule has 0 saturated carbocycles. The van der Waals surface area contributed by atoms with Gasteiger partial charge in [-0.2, -0.15) is 0 Å². The van der Waals surface area contributed by atoms with Crippen molar-refractivity contribution in [2.45, 2.75) is 52.4 Å². The zero-order valence-corrected chi connectivity index (χ0v) is 19.2. The maximum Gasteiger partial charge on any atom is -0.0132 e. The highest BCUT2D eigenvalue weighted by atomic mass is 14.2. The van der Waals surface area contributed by atoms with Crippen LogP contribution in [0.15, 0.2) is 72.8 Å². The van der Waals surface area contributed by atoms with Gasteiger partial charge in [0.2, 0.25) is 0 Å². The van der Waals surface area contributed by atoms with E-state index in [-0.39, 0.29) is 10.8 Å². The fourth-order valence-corrected chi connectivity index (χ4v) is 3.29. The van der Waals surface area contributed by atoms with Crippen LogP contribution < -0.4 is 0 Å². The van der Waals surface area contributed by atoms with Gasteiger partial charge in [-0.3, -0.25) is 0 Å². The number of rotatable bonds is 4. The fourth-order valence-electron chi connectivity index (χ4n) is 3.29. The van der Waals surface area contributed by atoms with Crippen molar-refractivity contribution >= 4 is 24.3 Å². The quantitative estimate of drug-likeness (QED) is 0.388. The first-order chi connectivity index (χ1) is 14.1. The molecule has 0 spiro atoms. The summed E-state index contributed by atoms with van der Waals surface area (Å²) in [5.74, 6) is 0. The highest BCUT2D eigenvalue weighted by molar-refractivity contribution is 5.73. The van der Waals surface area contributed by atoms with Gasteiger partial charge in [0, 0.05) is 0 Å². The fraction of sp³-hybridized carbons (Fsp3) is 0.267. The molecule has 0 fully saturated rings. The van der Waals surface area contributed by atoms with Crippen LogP contribution in [-0.2, 0) is 10.8 Å². The van der Waals surface area contributed by atoms with E-state index in [9.17, 15) is 0 Å². The van der Waals surface area contributed by atoms with E-state index in [0.717, 1.165) is 0 Å². The van der Waals surface area contributed by atoms with Crippen LogP contribution in [0.5, 0.6) is 0 Å². The standard InChI is InChI=1S/C30H34/c1-29(2,3)27-19-15-25(16-20-27)13-11-23-7-9-24(10-8-23)12-14-26-17-21-28(22-18-26)30(4,5)6/h7-22H,1-6H3/b13-11-,14-12-. The van der Waals surface area contributed by atoms with Crippen LogP contribution in [0.1, 0.15) is 74.9 Å². The van der Waals surface area contributed by atoms with Crippen LogP contribution in [0.4, 0.5) is 0 Å². The maximum absolute atomic E-state index is 2.24. The molecule has 0 saturated heterocycles. The van der Waals surface area contributed by atoms with Gasteiger partial charge < -0.3 is 0 Å². The van der Waals surface area contributed by atoms with Crippen LogP contribution in [0.2, 0.25) is 0 Å². The number of benzene rings is 3. The van der Waals surface area contributed by atoms with E-state index in [2.05, 4.69) is 139 Å². The second-order valence-electron chi connectivity index (χ2n) is 10.1.